The molecule has 152 valence electrons. The normalized spacial score (nSPS) is 11.5. The van der Waals surface area contributed by atoms with Crippen LogP contribution < -0.4 is 10.1 Å². The molecule has 2 aromatic heterocycles. The Morgan fingerprint density at radius 2 is 1.80 bits per heavy atom. The fourth-order valence-corrected chi connectivity index (χ4v) is 3.01. The summed E-state index contributed by atoms with van der Waals surface area (Å²) in [5, 5.41) is 7.26. The van der Waals surface area contributed by atoms with Crippen molar-refractivity contribution in [3.63, 3.8) is 0 Å². The molecule has 0 saturated carbocycles. The highest BCUT2D eigenvalue weighted by atomic mass is 35.5. The average molecular weight is 433 g/mol. The molecule has 10 heteroatoms. The summed E-state index contributed by atoms with van der Waals surface area (Å²) in [7, 11) is 0. The summed E-state index contributed by atoms with van der Waals surface area (Å²) in [5.74, 6) is -0.733. The Kier molecular flexibility index (Phi) is 5.04. The number of alkyl halides is 3. The fraction of sp³-hybridized carbons (Fsp3) is 0.0500. The van der Waals surface area contributed by atoms with E-state index < -0.39 is 23.7 Å². The summed E-state index contributed by atoms with van der Waals surface area (Å²) in [4.78, 5) is 16.5. The minimum atomic E-state index is -4.83. The molecule has 0 bridgehead atoms. The van der Waals surface area contributed by atoms with E-state index in [0.29, 0.717) is 20.9 Å². The first-order valence-electron chi connectivity index (χ1n) is 8.56. The number of ether oxygens (including phenoxy) is 1. The first kappa shape index (κ1) is 19.7. The zero-order valence-corrected chi connectivity index (χ0v) is 15.8. The topological polar surface area (TPSA) is 69.0 Å². The molecule has 0 atom stereocenters. The Bertz CT molecular complexity index is 1220. The Hall–Kier alpha value is -3.59. The van der Waals surface area contributed by atoms with E-state index in [0.717, 1.165) is 11.6 Å². The number of carbonyl (C=O) groups is 1. The summed E-state index contributed by atoms with van der Waals surface area (Å²) >= 11 is 5.79. The molecule has 2 aromatic carbocycles. The number of amides is 1. The van der Waals surface area contributed by atoms with Gasteiger partial charge in [0, 0.05) is 16.6 Å². The van der Waals surface area contributed by atoms with Gasteiger partial charge in [-0.15, -0.1) is 0 Å². The largest absolute Gasteiger partial charge is 0.437 e. The lowest BCUT2D eigenvalue weighted by molar-refractivity contribution is -0.143. The number of hydrogen-bond acceptors (Lipinski definition) is 4. The minimum Gasteiger partial charge on any atom is -0.406 e. The van der Waals surface area contributed by atoms with Crippen LogP contribution in [0.4, 0.5) is 23.7 Å². The van der Waals surface area contributed by atoms with Crippen LogP contribution in [0.25, 0.3) is 16.6 Å². The second-order valence-corrected chi connectivity index (χ2v) is 6.58. The molecule has 6 nitrogen and oxygen atoms in total. The van der Waals surface area contributed by atoms with E-state index in [1.165, 1.54) is 30.5 Å². The van der Waals surface area contributed by atoms with Crippen molar-refractivity contribution < 1.29 is 22.7 Å². The lowest BCUT2D eigenvalue weighted by Gasteiger charge is -2.13. The van der Waals surface area contributed by atoms with E-state index in [2.05, 4.69) is 15.4 Å². The van der Waals surface area contributed by atoms with Gasteiger partial charge in [0.1, 0.15) is 0 Å². The Labute approximate surface area is 172 Å². The molecule has 0 spiro atoms. The molecular formula is C20H12ClF3N4O2. The molecule has 1 N–H and O–H groups in total. The number of fused-ring (bicyclic) bond motifs is 1. The molecule has 0 aliphatic heterocycles. The number of aromatic nitrogens is 3. The van der Waals surface area contributed by atoms with Crippen molar-refractivity contribution in [1.82, 2.24) is 14.8 Å². The smallest absolute Gasteiger partial charge is 0.406 e. The molecule has 0 aliphatic rings. The minimum absolute atomic E-state index is 0.111. The van der Waals surface area contributed by atoms with Gasteiger partial charge in [0.25, 0.3) is 0 Å². The summed E-state index contributed by atoms with van der Waals surface area (Å²) in [6.07, 6.45) is -3.56. The van der Waals surface area contributed by atoms with Crippen LogP contribution >= 0.6 is 11.6 Å². The van der Waals surface area contributed by atoms with Gasteiger partial charge >= 0.3 is 12.3 Å². The predicted octanol–water partition coefficient (Wildman–Crippen LogP) is 5.70. The number of benzene rings is 2. The monoisotopic (exact) mass is 432 g/mol. The Morgan fingerprint density at radius 1 is 1.07 bits per heavy atom. The van der Waals surface area contributed by atoms with Gasteiger partial charge in [-0.3, -0.25) is 10.3 Å². The van der Waals surface area contributed by atoms with Gasteiger partial charge in [-0.1, -0.05) is 29.8 Å². The van der Waals surface area contributed by atoms with Crippen LogP contribution in [-0.4, -0.2) is 20.9 Å². The SMILES string of the molecule is O=C(Nc1cccc2cccnc12)Oc1cnn(-c2ccc(Cl)cc2)c1C(F)(F)F. The number of para-hydroxylation sites is 1. The number of nitrogens with zero attached hydrogens (tertiary/aromatic N) is 3. The van der Waals surface area contributed by atoms with Crippen molar-refractivity contribution in [2.45, 2.75) is 6.18 Å². The molecule has 0 fully saturated rings. The van der Waals surface area contributed by atoms with Gasteiger partial charge in [-0.25, -0.2) is 9.48 Å². The number of pyridine rings is 1. The van der Waals surface area contributed by atoms with Crippen molar-refractivity contribution in [2.24, 2.45) is 0 Å². The predicted molar refractivity (Wildman–Crippen MR) is 105 cm³/mol. The third kappa shape index (κ3) is 3.92. The van der Waals surface area contributed by atoms with Crippen LogP contribution in [0.3, 0.4) is 0 Å². The maximum atomic E-state index is 13.7. The molecule has 0 aliphatic carbocycles. The molecule has 0 saturated heterocycles. The molecule has 0 radical (unpaired) electrons. The van der Waals surface area contributed by atoms with Crippen LogP contribution in [0.1, 0.15) is 5.69 Å². The van der Waals surface area contributed by atoms with E-state index in [1.807, 2.05) is 0 Å². The lowest BCUT2D eigenvalue weighted by atomic mass is 10.2. The number of hydrogen-bond donors (Lipinski definition) is 1. The van der Waals surface area contributed by atoms with Crippen LogP contribution in [0.15, 0.2) is 67.0 Å². The van der Waals surface area contributed by atoms with Gasteiger partial charge in [0.2, 0.25) is 0 Å². The van der Waals surface area contributed by atoms with Crippen molar-refractivity contribution in [1.29, 1.82) is 0 Å². The van der Waals surface area contributed by atoms with Gasteiger partial charge in [-0.05, 0) is 36.4 Å². The van der Waals surface area contributed by atoms with Crippen molar-refractivity contribution in [3.05, 3.63) is 77.7 Å². The molecular weight excluding hydrogens is 421 g/mol. The first-order valence-corrected chi connectivity index (χ1v) is 8.94. The van der Waals surface area contributed by atoms with Crippen LogP contribution in [-0.2, 0) is 6.18 Å². The quantitative estimate of drug-likeness (QED) is 0.450. The zero-order chi connectivity index (χ0) is 21.3. The average Bonchev–Trinajstić information content (AvgIpc) is 3.13. The fourth-order valence-electron chi connectivity index (χ4n) is 2.89. The molecule has 30 heavy (non-hydrogen) atoms. The van der Waals surface area contributed by atoms with Crippen LogP contribution in [0.5, 0.6) is 5.75 Å². The summed E-state index contributed by atoms with van der Waals surface area (Å²) in [5.41, 5.74) is -0.335. The van der Waals surface area contributed by atoms with E-state index in [4.69, 9.17) is 16.3 Å². The highest BCUT2D eigenvalue weighted by molar-refractivity contribution is 6.30. The number of rotatable bonds is 3. The highest BCUT2D eigenvalue weighted by Gasteiger charge is 2.40. The van der Waals surface area contributed by atoms with Crippen molar-refractivity contribution in [2.75, 3.05) is 5.32 Å². The number of carbonyl (C=O) groups excluding carboxylic acids is 1. The second-order valence-electron chi connectivity index (χ2n) is 6.14. The number of anilines is 1. The Morgan fingerprint density at radius 3 is 2.53 bits per heavy atom. The standard InChI is InChI=1S/C20H12ClF3N4O2/c21-13-6-8-14(9-7-13)28-18(20(22,23)24)16(11-26-28)30-19(29)27-15-5-1-3-12-4-2-10-25-17(12)15/h1-11H,(H,27,29). The van der Waals surface area contributed by atoms with Crippen LogP contribution in [0.2, 0.25) is 5.02 Å². The number of nitrogens with one attached hydrogen (secondary N) is 1. The van der Waals surface area contributed by atoms with E-state index in [-0.39, 0.29) is 5.69 Å². The van der Waals surface area contributed by atoms with Crippen molar-refractivity contribution >= 4 is 34.3 Å². The van der Waals surface area contributed by atoms with E-state index >= 15 is 0 Å². The van der Waals surface area contributed by atoms with Crippen LogP contribution in [0, 0.1) is 0 Å². The van der Waals surface area contributed by atoms with Gasteiger partial charge in [0.05, 0.1) is 23.1 Å². The summed E-state index contributed by atoms with van der Waals surface area (Å²) < 4.78 is 46.6. The van der Waals surface area contributed by atoms with Crippen molar-refractivity contribution in [3.8, 4) is 11.4 Å². The van der Waals surface area contributed by atoms with E-state index in [9.17, 15) is 18.0 Å². The zero-order valence-electron chi connectivity index (χ0n) is 15.0. The molecule has 2 heterocycles. The van der Waals surface area contributed by atoms with Gasteiger partial charge in [0.15, 0.2) is 11.4 Å². The summed E-state index contributed by atoms with van der Waals surface area (Å²) in [6.45, 7) is 0. The highest BCUT2D eigenvalue weighted by Crippen LogP contribution is 2.38. The third-order valence-corrected chi connectivity index (χ3v) is 4.40. The Balaban J connectivity index is 1.64. The third-order valence-electron chi connectivity index (χ3n) is 4.15. The molecule has 4 rings (SSSR count). The number of halogens is 4. The maximum absolute atomic E-state index is 13.7. The lowest BCUT2D eigenvalue weighted by Crippen LogP contribution is -2.20. The molecule has 1 amide bonds. The second kappa shape index (κ2) is 7.68. The molecule has 4 aromatic rings. The summed E-state index contributed by atoms with van der Waals surface area (Å²) in [6, 6.07) is 14.2. The van der Waals surface area contributed by atoms with Gasteiger partial charge < -0.3 is 4.74 Å². The maximum Gasteiger partial charge on any atom is 0.437 e. The first-order chi connectivity index (χ1) is 14.3. The van der Waals surface area contributed by atoms with E-state index in [1.54, 1.807) is 30.3 Å². The molecule has 0 unspecified atom stereocenters. The van der Waals surface area contributed by atoms with Gasteiger partial charge in [-0.2, -0.15) is 18.3 Å².